The highest BCUT2D eigenvalue weighted by Crippen LogP contribution is 2.65. The summed E-state index contributed by atoms with van der Waals surface area (Å²) in [7, 11) is -1.79. The number of fused-ring (bicyclic) bond motifs is 1. The van der Waals surface area contributed by atoms with Crippen LogP contribution < -0.4 is 5.32 Å². The van der Waals surface area contributed by atoms with Crippen molar-refractivity contribution in [2.45, 2.75) is 5.34 Å². The number of rotatable bonds is 3. The predicted molar refractivity (Wildman–Crippen MR) is 68.3 cm³/mol. The first-order chi connectivity index (χ1) is 8.39. The molecule has 2 N–H and O–H groups in total. The Balaban J connectivity index is 2.69. The molecule has 1 amide bonds. The summed E-state index contributed by atoms with van der Waals surface area (Å²) in [5, 5.41) is 10.6. The molecule has 0 unspecified atom stereocenters. The van der Waals surface area contributed by atoms with Crippen molar-refractivity contribution in [2.75, 3.05) is 19.5 Å². The normalized spacial score (nSPS) is 22.8. The SMILES string of the molecule is COP(=O)(OC)[C@@]1(O)C(=O)Nc2ccc(Br)cc21. The molecule has 18 heavy (non-hydrogen) atoms. The lowest BCUT2D eigenvalue weighted by Gasteiger charge is -2.27. The molecule has 0 saturated carbocycles. The number of anilines is 1. The van der Waals surface area contributed by atoms with Gasteiger partial charge in [0.1, 0.15) is 0 Å². The van der Waals surface area contributed by atoms with Gasteiger partial charge in [0.25, 0.3) is 11.2 Å². The summed E-state index contributed by atoms with van der Waals surface area (Å²) in [6.45, 7) is 0. The van der Waals surface area contributed by atoms with E-state index >= 15 is 0 Å². The average Bonchev–Trinajstić information content (AvgIpc) is 2.62. The fourth-order valence-corrected chi connectivity index (χ4v) is 3.68. The van der Waals surface area contributed by atoms with E-state index in [9.17, 15) is 14.5 Å². The van der Waals surface area contributed by atoms with Gasteiger partial charge in [0, 0.05) is 29.9 Å². The number of carbonyl (C=O) groups excluding carboxylic acids is 1. The van der Waals surface area contributed by atoms with Crippen LogP contribution in [0.3, 0.4) is 0 Å². The van der Waals surface area contributed by atoms with E-state index in [4.69, 9.17) is 9.05 Å². The third kappa shape index (κ3) is 1.66. The molecule has 98 valence electrons. The van der Waals surface area contributed by atoms with Crippen LogP contribution in [0.15, 0.2) is 22.7 Å². The Morgan fingerprint density at radius 3 is 2.56 bits per heavy atom. The zero-order chi connectivity index (χ0) is 13.6. The summed E-state index contributed by atoms with van der Waals surface area (Å²) in [5.74, 6) is -0.831. The largest absolute Gasteiger partial charge is 0.376 e. The monoisotopic (exact) mass is 335 g/mol. The van der Waals surface area contributed by atoms with E-state index in [0.717, 1.165) is 14.2 Å². The molecule has 1 aliphatic rings. The van der Waals surface area contributed by atoms with Gasteiger partial charge in [-0.05, 0) is 18.2 Å². The molecule has 1 atom stereocenters. The van der Waals surface area contributed by atoms with Gasteiger partial charge in [-0.2, -0.15) is 0 Å². The van der Waals surface area contributed by atoms with Crippen LogP contribution in [0.2, 0.25) is 0 Å². The van der Waals surface area contributed by atoms with E-state index in [1.807, 2.05) is 0 Å². The average molecular weight is 336 g/mol. The Morgan fingerprint density at radius 2 is 2.00 bits per heavy atom. The van der Waals surface area contributed by atoms with Gasteiger partial charge in [0.05, 0.1) is 0 Å². The van der Waals surface area contributed by atoms with Crippen molar-refractivity contribution >= 4 is 35.1 Å². The van der Waals surface area contributed by atoms with Crippen LogP contribution in [-0.4, -0.2) is 25.2 Å². The number of aliphatic hydroxyl groups is 1. The molecule has 2 rings (SSSR count). The highest BCUT2D eigenvalue weighted by Gasteiger charge is 2.61. The van der Waals surface area contributed by atoms with E-state index in [-0.39, 0.29) is 5.56 Å². The van der Waals surface area contributed by atoms with Crippen molar-refractivity contribution in [1.82, 2.24) is 0 Å². The number of halogens is 1. The Morgan fingerprint density at radius 1 is 1.39 bits per heavy atom. The summed E-state index contributed by atoms with van der Waals surface area (Å²) in [6.07, 6.45) is 0. The molecule has 8 heteroatoms. The quantitative estimate of drug-likeness (QED) is 0.825. The Bertz CT molecular complexity index is 555. The van der Waals surface area contributed by atoms with Crippen LogP contribution in [-0.2, 0) is 23.7 Å². The van der Waals surface area contributed by atoms with Gasteiger partial charge in [0.15, 0.2) is 0 Å². The maximum absolute atomic E-state index is 12.4. The van der Waals surface area contributed by atoms with Gasteiger partial charge >= 0.3 is 7.60 Å². The number of benzene rings is 1. The fourth-order valence-electron chi connectivity index (χ4n) is 1.86. The van der Waals surface area contributed by atoms with E-state index in [1.54, 1.807) is 12.1 Å². The van der Waals surface area contributed by atoms with E-state index in [0.29, 0.717) is 10.2 Å². The first kappa shape index (κ1) is 13.7. The second-order valence-corrected chi connectivity index (χ2v) is 6.97. The summed E-state index contributed by atoms with van der Waals surface area (Å²) >= 11 is 3.23. The van der Waals surface area contributed by atoms with Crippen molar-refractivity contribution in [3.8, 4) is 0 Å². The molecule has 0 radical (unpaired) electrons. The molecule has 0 bridgehead atoms. The zero-order valence-corrected chi connectivity index (χ0v) is 12.1. The molecule has 1 aromatic rings. The molecule has 1 heterocycles. The van der Waals surface area contributed by atoms with Crippen LogP contribution in [0.5, 0.6) is 0 Å². The second kappa shape index (κ2) is 4.43. The van der Waals surface area contributed by atoms with E-state index in [2.05, 4.69) is 21.2 Å². The third-order valence-electron chi connectivity index (χ3n) is 2.80. The van der Waals surface area contributed by atoms with Gasteiger partial charge < -0.3 is 19.5 Å². The summed E-state index contributed by atoms with van der Waals surface area (Å²) < 4.78 is 22.5. The molecular formula is C10H11BrNO5P. The van der Waals surface area contributed by atoms with Crippen molar-refractivity contribution in [3.63, 3.8) is 0 Å². The standard InChI is InChI=1S/C10H11BrNO5P/c1-16-18(15,17-2)10(14)7-5-6(11)3-4-8(7)12-9(10)13/h3-5,14H,1-2H3,(H,12,13)/t10-/m1/s1. The summed E-state index contributed by atoms with van der Waals surface area (Å²) in [5.41, 5.74) is 0.536. The van der Waals surface area contributed by atoms with Crippen LogP contribution in [0.4, 0.5) is 5.69 Å². The molecular weight excluding hydrogens is 325 g/mol. The van der Waals surface area contributed by atoms with Crippen molar-refractivity contribution in [1.29, 1.82) is 0 Å². The topological polar surface area (TPSA) is 84.9 Å². The van der Waals surface area contributed by atoms with Crippen LogP contribution >= 0.6 is 23.5 Å². The molecule has 0 aromatic heterocycles. The van der Waals surface area contributed by atoms with E-state index in [1.165, 1.54) is 6.07 Å². The molecule has 0 aliphatic carbocycles. The zero-order valence-electron chi connectivity index (χ0n) is 9.64. The van der Waals surface area contributed by atoms with Gasteiger partial charge in [-0.1, -0.05) is 15.9 Å². The van der Waals surface area contributed by atoms with Crippen molar-refractivity contribution in [3.05, 3.63) is 28.2 Å². The maximum atomic E-state index is 12.4. The van der Waals surface area contributed by atoms with Crippen LogP contribution in [0.1, 0.15) is 5.56 Å². The minimum atomic E-state index is -4.03. The molecule has 6 nitrogen and oxygen atoms in total. The number of hydrogen-bond donors (Lipinski definition) is 2. The number of carbonyl (C=O) groups is 1. The Labute approximate surface area is 112 Å². The molecule has 0 spiro atoms. The fraction of sp³-hybridized carbons (Fsp3) is 0.300. The van der Waals surface area contributed by atoms with Crippen molar-refractivity contribution in [2.24, 2.45) is 0 Å². The first-order valence-electron chi connectivity index (χ1n) is 4.94. The highest BCUT2D eigenvalue weighted by atomic mass is 79.9. The summed E-state index contributed by atoms with van der Waals surface area (Å²) in [4.78, 5) is 11.9. The lowest BCUT2D eigenvalue weighted by atomic mass is 10.1. The minimum Gasteiger partial charge on any atom is -0.366 e. The van der Waals surface area contributed by atoms with Crippen LogP contribution in [0, 0.1) is 0 Å². The second-order valence-electron chi connectivity index (χ2n) is 3.68. The molecule has 0 fully saturated rings. The maximum Gasteiger partial charge on any atom is 0.376 e. The lowest BCUT2D eigenvalue weighted by molar-refractivity contribution is -0.127. The lowest BCUT2D eigenvalue weighted by Crippen LogP contribution is -2.35. The van der Waals surface area contributed by atoms with Crippen LogP contribution in [0.25, 0.3) is 0 Å². The van der Waals surface area contributed by atoms with Gasteiger partial charge in [0.2, 0.25) is 0 Å². The van der Waals surface area contributed by atoms with Gasteiger partial charge in [-0.25, -0.2) is 0 Å². The molecule has 0 saturated heterocycles. The molecule has 1 aromatic carbocycles. The molecule has 1 aliphatic heterocycles. The summed E-state index contributed by atoms with van der Waals surface area (Å²) in [6, 6.07) is 4.78. The smallest absolute Gasteiger partial charge is 0.366 e. The van der Waals surface area contributed by atoms with E-state index < -0.39 is 18.8 Å². The highest BCUT2D eigenvalue weighted by molar-refractivity contribution is 9.10. The van der Waals surface area contributed by atoms with Gasteiger partial charge in [-0.15, -0.1) is 0 Å². The first-order valence-corrected chi connectivity index (χ1v) is 7.28. The minimum absolute atomic E-state index is 0.161. The predicted octanol–water partition coefficient (Wildman–Crippen LogP) is 2.03. The number of hydrogen-bond acceptors (Lipinski definition) is 5. The van der Waals surface area contributed by atoms with Gasteiger partial charge in [-0.3, -0.25) is 9.36 Å². The Kier molecular flexibility index (Phi) is 3.38. The number of nitrogens with one attached hydrogen (secondary N) is 1. The Hall–Kier alpha value is -0.720. The third-order valence-corrected chi connectivity index (χ3v) is 5.49. The number of amides is 1. The van der Waals surface area contributed by atoms with Crippen molar-refractivity contribution < 1.29 is 23.5 Å².